The lowest BCUT2D eigenvalue weighted by molar-refractivity contribution is 0.0324. The molecular formula is C15H22N2O3. The van der Waals surface area contributed by atoms with E-state index in [0.717, 1.165) is 10.5 Å². The van der Waals surface area contributed by atoms with E-state index < -0.39 is 17.7 Å². The van der Waals surface area contributed by atoms with Gasteiger partial charge in [-0.25, -0.2) is 14.5 Å². The van der Waals surface area contributed by atoms with Gasteiger partial charge >= 0.3 is 12.1 Å². The van der Waals surface area contributed by atoms with Crippen molar-refractivity contribution in [3.63, 3.8) is 0 Å². The molecule has 0 heterocycles. The van der Waals surface area contributed by atoms with Crippen molar-refractivity contribution in [3.8, 4) is 0 Å². The van der Waals surface area contributed by atoms with E-state index in [9.17, 15) is 9.59 Å². The van der Waals surface area contributed by atoms with Crippen LogP contribution in [0.4, 0.5) is 9.59 Å². The van der Waals surface area contributed by atoms with Gasteiger partial charge in [-0.05, 0) is 32.8 Å². The molecular weight excluding hydrogens is 256 g/mol. The zero-order valence-electron chi connectivity index (χ0n) is 12.5. The molecule has 0 aliphatic heterocycles. The molecule has 5 nitrogen and oxygen atoms in total. The molecule has 0 atom stereocenters. The number of amides is 3. The quantitative estimate of drug-likeness (QED) is 0.925. The molecule has 0 unspecified atom stereocenters. The summed E-state index contributed by atoms with van der Waals surface area (Å²) in [5, 5.41) is 2.45. The van der Waals surface area contributed by atoms with Crippen molar-refractivity contribution >= 4 is 12.1 Å². The van der Waals surface area contributed by atoms with Crippen molar-refractivity contribution in [3.05, 3.63) is 35.9 Å². The summed E-state index contributed by atoms with van der Waals surface area (Å²) < 4.78 is 5.24. The zero-order chi connectivity index (χ0) is 15.2. The van der Waals surface area contributed by atoms with Crippen molar-refractivity contribution in [2.75, 3.05) is 13.6 Å². The predicted molar refractivity (Wildman–Crippen MR) is 77.5 cm³/mol. The second-order valence-corrected chi connectivity index (χ2v) is 5.42. The summed E-state index contributed by atoms with van der Waals surface area (Å²) in [6.07, 6.45) is -0.0409. The van der Waals surface area contributed by atoms with E-state index in [-0.39, 0.29) is 6.54 Å². The number of ether oxygens (including phenoxy) is 1. The van der Waals surface area contributed by atoms with Crippen LogP contribution >= 0.6 is 0 Å². The number of nitrogens with zero attached hydrogens (tertiary/aromatic N) is 1. The summed E-state index contributed by atoms with van der Waals surface area (Å²) in [6.45, 7) is 5.58. The second-order valence-electron chi connectivity index (χ2n) is 5.42. The third-order valence-electron chi connectivity index (χ3n) is 2.54. The molecule has 0 aromatic heterocycles. The minimum atomic E-state index is -0.632. The van der Waals surface area contributed by atoms with Gasteiger partial charge in [0, 0.05) is 13.6 Å². The molecule has 0 aliphatic rings. The van der Waals surface area contributed by atoms with Crippen molar-refractivity contribution in [2.45, 2.75) is 32.8 Å². The van der Waals surface area contributed by atoms with E-state index in [1.165, 1.54) is 7.05 Å². The highest BCUT2D eigenvalue weighted by molar-refractivity contribution is 5.90. The largest absolute Gasteiger partial charge is 0.443 e. The SMILES string of the molecule is CNC(=O)N(CCc1ccccc1)C(=O)OC(C)(C)C. The van der Waals surface area contributed by atoms with Gasteiger partial charge in [0.1, 0.15) is 5.60 Å². The first-order valence-corrected chi connectivity index (χ1v) is 6.59. The first kappa shape index (κ1) is 16.0. The highest BCUT2D eigenvalue weighted by Crippen LogP contribution is 2.11. The number of rotatable bonds is 3. The van der Waals surface area contributed by atoms with Gasteiger partial charge in [0.05, 0.1) is 0 Å². The van der Waals surface area contributed by atoms with Crippen LogP contribution in [0, 0.1) is 0 Å². The summed E-state index contributed by atoms with van der Waals surface area (Å²) in [5.74, 6) is 0. The van der Waals surface area contributed by atoms with Crippen LogP contribution in [0.5, 0.6) is 0 Å². The van der Waals surface area contributed by atoms with Gasteiger partial charge in [0.15, 0.2) is 0 Å². The fraction of sp³-hybridized carbons (Fsp3) is 0.467. The topological polar surface area (TPSA) is 58.6 Å². The molecule has 1 aromatic rings. The molecule has 3 amide bonds. The smallest absolute Gasteiger partial charge is 0.418 e. The van der Waals surface area contributed by atoms with Crippen LogP contribution < -0.4 is 5.32 Å². The molecule has 20 heavy (non-hydrogen) atoms. The number of nitrogens with one attached hydrogen (secondary N) is 1. The number of carbonyl (C=O) groups is 2. The molecule has 0 spiro atoms. The first-order chi connectivity index (χ1) is 9.33. The van der Waals surface area contributed by atoms with Gasteiger partial charge in [-0.2, -0.15) is 0 Å². The predicted octanol–water partition coefficient (Wildman–Crippen LogP) is 2.81. The van der Waals surface area contributed by atoms with Crippen LogP contribution in [0.25, 0.3) is 0 Å². The maximum Gasteiger partial charge on any atom is 0.418 e. The minimum absolute atomic E-state index is 0.276. The molecule has 0 saturated heterocycles. The third-order valence-corrected chi connectivity index (χ3v) is 2.54. The average Bonchev–Trinajstić information content (AvgIpc) is 2.37. The fourth-order valence-electron chi connectivity index (χ4n) is 1.61. The van der Waals surface area contributed by atoms with E-state index in [1.54, 1.807) is 20.8 Å². The van der Waals surface area contributed by atoms with E-state index in [1.807, 2.05) is 30.3 Å². The average molecular weight is 278 g/mol. The normalized spacial score (nSPS) is 10.8. The Balaban J connectivity index is 2.70. The van der Waals surface area contributed by atoms with Gasteiger partial charge in [-0.3, -0.25) is 0 Å². The van der Waals surface area contributed by atoms with Gasteiger partial charge in [-0.1, -0.05) is 30.3 Å². The molecule has 5 heteroatoms. The minimum Gasteiger partial charge on any atom is -0.443 e. The molecule has 0 radical (unpaired) electrons. The van der Waals surface area contributed by atoms with Crippen molar-refractivity contribution in [2.24, 2.45) is 0 Å². The van der Waals surface area contributed by atoms with E-state index in [4.69, 9.17) is 4.74 Å². The molecule has 0 bridgehead atoms. The molecule has 1 N–H and O–H groups in total. The van der Waals surface area contributed by atoms with Gasteiger partial charge < -0.3 is 10.1 Å². The third kappa shape index (κ3) is 5.30. The number of carbonyl (C=O) groups excluding carboxylic acids is 2. The van der Waals surface area contributed by atoms with Crippen LogP contribution in [0.1, 0.15) is 26.3 Å². The standard InChI is InChI=1S/C15H22N2O3/c1-15(2,3)20-14(19)17(13(18)16-4)11-10-12-8-6-5-7-9-12/h5-9H,10-11H2,1-4H3,(H,16,18). The van der Waals surface area contributed by atoms with Crippen LogP contribution in [0.3, 0.4) is 0 Å². The second kappa shape index (κ2) is 6.93. The lowest BCUT2D eigenvalue weighted by atomic mass is 10.1. The summed E-state index contributed by atoms with van der Waals surface area (Å²) in [7, 11) is 1.49. The van der Waals surface area contributed by atoms with Crippen LogP contribution in [-0.2, 0) is 11.2 Å². The van der Waals surface area contributed by atoms with E-state index >= 15 is 0 Å². The monoisotopic (exact) mass is 278 g/mol. The number of hydrogen-bond acceptors (Lipinski definition) is 3. The lowest BCUT2D eigenvalue weighted by Gasteiger charge is -2.25. The maximum atomic E-state index is 12.0. The Bertz CT molecular complexity index is 452. The zero-order valence-corrected chi connectivity index (χ0v) is 12.5. The highest BCUT2D eigenvalue weighted by Gasteiger charge is 2.26. The van der Waals surface area contributed by atoms with Crippen molar-refractivity contribution in [1.82, 2.24) is 10.2 Å². The Morgan fingerprint density at radius 2 is 1.80 bits per heavy atom. The van der Waals surface area contributed by atoms with E-state index in [2.05, 4.69) is 5.32 Å². The highest BCUT2D eigenvalue weighted by atomic mass is 16.6. The van der Waals surface area contributed by atoms with Crippen molar-refractivity contribution < 1.29 is 14.3 Å². The van der Waals surface area contributed by atoms with Crippen molar-refractivity contribution in [1.29, 1.82) is 0 Å². The Morgan fingerprint density at radius 1 is 1.20 bits per heavy atom. The summed E-state index contributed by atoms with van der Waals surface area (Å²) in [4.78, 5) is 24.9. The molecule has 0 fully saturated rings. The Kier molecular flexibility index (Phi) is 5.55. The van der Waals surface area contributed by atoms with Crippen LogP contribution in [0.15, 0.2) is 30.3 Å². The van der Waals surface area contributed by atoms with Crippen LogP contribution in [0.2, 0.25) is 0 Å². The Labute approximate surface area is 119 Å². The molecule has 1 rings (SSSR count). The fourth-order valence-corrected chi connectivity index (χ4v) is 1.61. The number of benzene rings is 1. The number of urea groups is 1. The van der Waals surface area contributed by atoms with Gasteiger partial charge in [-0.15, -0.1) is 0 Å². The van der Waals surface area contributed by atoms with Gasteiger partial charge in [0.2, 0.25) is 0 Å². The summed E-state index contributed by atoms with van der Waals surface area (Å²) in [5.41, 5.74) is 0.431. The number of hydrogen-bond donors (Lipinski definition) is 1. The molecule has 0 aliphatic carbocycles. The lowest BCUT2D eigenvalue weighted by Crippen LogP contribution is -2.45. The number of imide groups is 1. The summed E-state index contributed by atoms with van der Waals surface area (Å²) in [6, 6.07) is 9.22. The van der Waals surface area contributed by atoms with E-state index in [0.29, 0.717) is 6.42 Å². The maximum absolute atomic E-state index is 12.0. The Hall–Kier alpha value is -2.04. The molecule has 110 valence electrons. The first-order valence-electron chi connectivity index (χ1n) is 6.59. The molecule has 0 saturated carbocycles. The van der Waals surface area contributed by atoms with Crippen LogP contribution in [-0.4, -0.2) is 36.2 Å². The summed E-state index contributed by atoms with van der Waals surface area (Å²) >= 11 is 0. The van der Waals surface area contributed by atoms with Gasteiger partial charge in [0.25, 0.3) is 0 Å². The molecule has 1 aromatic carbocycles. The Morgan fingerprint density at radius 3 is 2.30 bits per heavy atom.